The van der Waals surface area contributed by atoms with Gasteiger partial charge in [0.2, 0.25) is 0 Å². The summed E-state index contributed by atoms with van der Waals surface area (Å²) in [7, 11) is 0. The Morgan fingerprint density at radius 2 is 1.31 bits per heavy atom. The molecule has 1 unspecified atom stereocenters. The maximum absolute atomic E-state index is 11.4. The highest BCUT2D eigenvalue weighted by Gasteiger charge is 2.27. The second-order valence-electron chi connectivity index (χ2n) is 9.87. The maximum Gasteiger partial charge on any atom is 0.123 e. The highest BCUT2D eigenvalue weighted by molar-refractivity contribution is 5.55. The van der Waals surface area contributed by atoms with E-state index in [1.807, 2.05) is 13.0 Å². The number of aliphatic hydroxyl groups excluding tert-OH is 2. The summed E-state index contributed by atoms with van der Waals surface area (Å²) in [5.74, 6) is 0.493. The Hall–Kier alpha value is -2.04. The van der Waals surface area contributed by atoms with Crippen LogP contribution in [-0.2, 0) is 24.7 Å². The molecule has 2 aromatic rings. The minimum atomic E-state index is -0.232. The molecule has 0 bridgehead atoms. The molecule has 0 aliphatic carbocycles. The molecule has 0 heterocycles. The van der Waals surface area contributed by atoms with Crippen LogP contribution < -0.4 is 0 Å². The first-order valence-electron chi connectivity index (χ1n) is 12.1. The number of hydrogen-bond donors (Lipinski definition) is 4. The lowest BCUT2D eigenvalue weighted by Gasteiger charge is -2.28. The summed E-state index contributed by atoms with van der Waals surface area (Å²) in [6.07, 6.45) is 5.30. The van der Waals surface area contributed by atoms with Crippen LogP contribution in [0.1, 0.15) is 99.6 Å². The summed E-state index contributed by atoms with van der Waals surface area (Å²) in [5.41, 5.74) is 5.49. The molecule has 2 aromatic carbocycles. The number of hydrogen-bond acceptors (Lipinski definition) is 4. The number of benzene rings is 2. The van der Waals surface area contributed by atoms with Crippen LogP contribution in [-0.4, -0.2) is 33.6 Å². The second-order valence-corrected chi connectivity index (χ2v) is 9.87. The van der Waals surface area contributed by atoms with E-state index in [1.165, 1.54) is 0 Å². The van der Waals surface area contributed by atoms with E-state index in [9.17, 15) is 20.4 Å². The van der Waals surface area contributed by atoms with Crippen molar-refractivity contribution in [2.45, 2.75) is 90.9 Å². The fraction of sp³-hybridized carbons (Fsp3) is 0.571. The number of aromatic hydroxyl groups is 2. The third-order valence-corrected chi connectivity index (χ3v) is 6.24. The maximum atomic E-state index is 11.4. The summed E-state index contributed by atoms with van der Waals surface area (Å²) >= 11 is 0. The summed E-state index contributed by atoms with van der Waals surface area (Å²) in [6.45, 7) is 10.7. The van der Waals surface area contributed by atoms with Gasteiger partial charge < -0.3 is 20.4 Å². The lowest BCUT2D eigenvalue weighted by atomic mass is 9.78. The number of aliphatic hydroxyl groups is 2. The number of phenolic OH excluding ortho intramolecular Hbond substituents is 2. The van der Waals surface area contributed by atoms with E-state index in [0.29, 0.717) is 24.3 Å². The van der Waals surface area contributed by atoms with Crippen molar-refractivity contribution in [2.75, 3.05) is 13.2 Å². The Labute approximate surface area is 194 Å². The van der Waals surface area contributed by atoms with E-state index < -0.39 is 0 Å². The second kappa shape index (κ2) is 11.7. The smallest absolute Gasteiger partial charge is 0.123 e. The van der Waals surface area contributed by atoms with Crippen LogP contribution in [0.25, 0.3) is 0 Å². The van der Waals surface area contributed by atoms with Crippen LogP contribution >= 0.6 is 0 Å². The van der Waals surface area contributed by atoms with Gasteiger partial charge in [-0.2, -0.15) is 0 Å². The van der Waals surface area contributed by atoms with E-state index in [4.69, 9.17) is 0 Å². The molecule has 0 saturated carbocycles. The zero-order valence-electron chi connectivity index (χ0n) is 20.5. The van der Waals surface area contributed by atoms with Gasteiger partial charge in [0.05, 0.1) is 0 Å². The van der Waals surface area contributed by atoms with Crippen LogP contribution in [0.5, 0.6) is 11.5 Å². The standard InChI is InChI=1S/C28H42O4/c1-6-10-22(23-16-19(11-8-13-29)15-21(7-2)26(23)31)24-17-20(12-9-14-30)18-25(27(24)32)28(3,4)5/h15-18,22,29-32H,6-14H2,1-5H3. The van der Waals surface area contributed by atoms with E-state index in [-0.39, 0.29) is 24.5 Å². The van der Waals surface area contributed by atoms with Crippen molar-refractivity contribution in [3.05, 3.63) is 57.6 Å². The van der Waals surface area contributed by atoms with E-state index in [1.54, 1.807) is 0 Å². The molecule has 2 rings (SSSR count). The molecule has 178 valence electrons. The highest BCUT2D eigenvalue weighted by atomic mass is 16.3. The van der Waals surface area contributed by atoms with Crippen molar-refractivity contribution in [3.63, 3.8) is 0 Å². The molecule has 0 fully saturated rings. The zero-order chi connectivity index (χ0) is 23.9. The number of rotatable bonds is 11. The Kier molecular flexibility index (Phi) is 9.60. The molecule has 0 aliphatic heterocycles. The van der Waals surface area contributed by atoms with E-state index >= 15 is 0 Å². The van der Waals surface area contributed by atoms with Crippen molar-refractivity contribution in [3.8, 4) is 11.5 Å². The van der Waals surface area contributed by atoms with E-state index in [0.717, 1.165) is 65.5 Å². The molecular weight excluding hydrogens is 400 g/mol. The summed E-state index contributed by atoms with van der Waals surface area (Å²) in [4.78, 5) is 0. The van der Waals surface area contributed by atoms with E-state index in [2.05, 4.69) is 45.9 Å². The van der Waals surface area contributed by atoms with Crippen LogP contribution in [0.2, 0.25) is 0 Å². The van der Waals surface area contributed by atoms with Crippen LogP contribution in [0.4, 0.5) is 0 Å². The van der Waals surface area contributed by atoms with Gasteiger partial charge in [0, 0.05) is 30.3 Å². The molecule has 1 atom stereocenters. The third-order valence-electron chi connectivity index (χ3n) is 6.24. The minimum absolute atomic E-state index is 0.130. The predicted molar refractivity (Wildman–Crippen MR) is 132 cm³/mol. The quantitative estimate of drug-likeness (QED) is 0.358. The van der Waals surface area contributed by atoms with Gasteiger partial charge in [-0.3, -0.25) is 0 Å². The molecule has 4 heteroatoms. The Bertz CT molecular complexity index is 880. The molecule has 0 aliphatic rings. The molecule has 0 amide bonds. The SMILES string of the molecule is CCCC(c1cc(CCCO)cc(CC)c1O)c1cc(CCCO)cc(C(C)(C)C)c1O. The van der Waals surface area contributed by atoms with Crippen molar-refractivity contribution in [1.29, 1.82) is 0 Å². The average molecular weight is 443 g/mol. The molecular formula is C28H42O4. The third kappa shape index (κ3) is 6.26. The highest BCUT2D eigenvalue weighted by Crippen LogP contribution is 2.45. The van der Waals surface area contributed by atoms with Crippen molar-refractivity contribution in [1.82, 2.24) is 0 Å². The molecule has 0 aromatic heterocycles. The predicted octanol–water partition coefficient (Wildman–Crippen LogP) is 5.74. The van der Waals surface area contributed by atoms with Crippen molar-refractivity contribution in [2.24, 2.45) is 0 Å². The summed E-state index contributed by atoms with van der Waals surface area (Å²) in [6, 6.07) is 8.22. The fourth-order valence-electron chi connectivity index (χ4n) is 4.50. The number of aryl methyl sites for hydroxylation is 3. The first-order valence-corrected chi connectivity index (χ1v) is 12.1. The zero-order valence-corrected chi connectivity index (χ0v) is 20.5. The molecule has 4 nitrogen and oxygen atoms in total. The number of phenols is 2. The van der Waals surface area contributed by atoms with Gasteiger partial charge >= 0.3 is 0 Å². The lowest BCUT2D eigenvalue weighted by molar-refractivity contribution is 0.288. The Balaban J connectivity index is 2.73. The normalized spacial score (nSPS) is 12.8. The molecule has 0 radical (unpaired) electrons. The monoisotopic (exact) mass is 442 g/mol. The fourth-order valence-corrected chi connectivity index (χ4v) is 4.50. The van der Waals surface area contributed by atoms with Gasteiger partial charge in [0.15, 0.2) is 0 Å². The topological polar surface area (TPSA) is 80.9 Å². The van der Waals surface area contributed by atoms with Gasteiger partial charge in [-0.05, 0) is 66.2 Å². The van der Waals surface area contributed by atoms with Crippen molar-refractivity contribution >= 4 is 0 Å². The van der Waals surface area contributed by atoms with Crippen LogP contribution in [0, 0.1) is 0 Å². The molecule has 4 N–H and O–H groups in total. The summed E-state index contributed by atoms with van der Waals surface area (Å²) < 4.78 is 0. The van der Waals surface area contributed by atoms with Gasteiger partial charge in [0.1, 0.15) is 11.5 Å². The molecule has 0 saturated heterocycles. The van der Waals surface area contributed by atoms with Gasteiger partial charge in [0.25, 0.3) is 0 Å². The Morgan fingerprint density at radius 3 is 1.78 bits per heavy atom. The van der Waals surface area contributed by atoms with Crippen LogP contribution in [0.3, 0.4) is 0 Å². The average Bonchev–Trinajstić information content (AvgIpc) is 2.75. The van der Waals surface area contributed by atoms with Gasteiger partial charge in [-0.15, -0.1) is 0 Å². The van der Waals surface area contributed by atoms with Gasteiger partial charge in [-0.25, -0.2) is 0 Å². The molecule has 32 heavy (non-hydrogen) atoms. The first kappa shape index (κ1) is 26.2. The minimum Gasteiger partial charge on any atom is -0.507 e. The van der Waals surface area contributed by atoms with Gasteiger partial charge in [-0.1, -0.05) is 65.3 Å². The van der Waals surface area contributed by atoms with Crippen LogP contribution in [0.15, 0.2) is 24.3 Å². The van der Waals surface area contributed by atoms with Crippen molar-refractivity contribution < 1.29 is 20.4 Å². The summed E-state index contributed by atoms with van der Waals surface area (Å²) in [5, 5.41) is 41.2. The molecule has 0 spiro atoms. The first-order chi connectivity index (χ1) is 15.2. The lowest BCUT2D eigenvalue weighted by Crippen LogP contribution is -2.15. The Morgan fingerprint density at radius 1 is 0.781 bits per heavy atom. The largest absolute Gasteiger partial charge is 0.507 e.